The van der Waals surface area contributed by atoms with Crippen LogP contribution in [0.2, 0.25) is 0 Å². The zero-order valence-electron chi connectivity index (χ0n) is 6.12. The molecule has 57 valence electrons. The first-order valence-electron chi connectivity index (χ1n) is 3.92. The molecule has 1 radical (unpaired) electrons. The van der Waals surface area contributed by atoms with Crippen molar-refractivity contribution < 1.29 is 4.74 Å². The molecule has 2 saturated heterocycles. The molecule has 3 heteroatoms. The molecule has 2 rings (SSSR count). The van der Waals surface area contributed by atoms with Crippen molar-refractivity contribution in [1.82, 2.24) is 10.2 Å². The standard InChI is InChI=1S/C7H13N2O/c1-2-9-3-4-10-6-7(9)5-8-1/h7H,1-6H2/t7-/m1/s1. The monoisotopic (exact) mass is 141 g/mol. The Bertz CT molecular complexity index is 92.2. The smallest absolute Gasteiger partial charge is 0.0635 e. The third-order valence-electron chi connectivity index (χ3n) is 2.23. The van der Waals surface area contributed by atoms with Crippen LogP contribution in [0.1, 0.15) is 0 Å². The average Bonchev–Trinajstić information content (AvgIpc) is 2.05. The van der Waals surface area contributed by atoms with E-state index in [1.807, 2.05) is 0 Å². The van der Waals surface area contributed by atoms with Gasteiger partial charge in [-0.2, -0.15) is 0 Å². The summed E-state index contributed by atoms with van der Waals surface area (Å²) in [4.78, 5) is 2.48. The van der Waals surface area contributed by atoms with Crippen LogP contribution in [0.5, 0.6) is 0 Å². The summed E-state index contributed by atoms with van der Waals surface area (Å²) in [7, 11) is 0. The molecule has 0 N–H and O–H groups in total. The van der Waals surface area contributed by atoms with Crippen molar-refractivity contribution in [2.75, 3.05) is 39.4 Å². The summed E-state index contributed by atoms with van der Waals surface area (Å²) in [5.74, 6) is 0. The quantitative estimate of drug-likeness (QED) is 0.446. The van der Waals surface area contributed by atoms with Crippen molar-refractivity contribution >= 4 is 0 Å². The fraction of sp³-hybridized carbons (Fsp3) is 1.00. The maximum Gasteiger partial charge on any atom is 0.0635 e. The van der Waals surface area contributed by atoms with Gasteiger partial charge < -0.3 is 4.74 Å². The number of morpholine rings is 1. The van der Waals surface area contributed by atoms with Crippen LogP contribution in [-0.4, -0.2) is 50.3 Å². The van der Waals surface area contributed by atoms with Crippen LogP contribution < -0.4 is 5.32 Å². The van der Waals surface area contributed by atoms with Gasteiger partial charge in [-0.15, -0.1) is 0 Å². The number of ether oxygens (including phenoxy) is 1. The molecule has 0 aromatic carbocycles. The SMILES string of the molecule is C1CN2CCOC[C@H]2C[N]1. The van der Waals surface area contributed by atoms with Crippen LogP contribution in [0, 0.1) is 0 Å². The second-order valence-electron chi connectivity index (χ2n) is 2.89. The minimum absolute atomic E-state index is 0.600. The molecule has 0 bridgehead atoms. The average molecular weight is 141 g/mol. The number of piperazine rings is 1. The van der Waals surface area contributed by atoms with Crippen molar-refractivity contribution in [3.05, 3.63) is 0 Å². The highest BCUT2D eigenvalue weighted by Gasteiger charge is 2.25. The Labute approximate surface area is 61.3 Å². The molecule has 2 heterocycles. The Morgan fingerprint density at radius 2 is 2.40 bits per heavy atom. The van der Waals surface area contributed by atoms with E-state index >= 15 is 0 Å². The van der Waals surface area contributed by atoms with Crippen LogP contribution >= 0.6 is 0 Å². The van der Waals surface area contributed by atoms with Crippen molar-refractivity contribution in [1.29, 1.82) is 0 Å². The molecule has 10 heavy (non-hydrogen) atoms. The van der Waals surface area contributed by atoms with Gasteiger partial charge >= 0.3 is 0 Å². The van der Waals surface area contributed by atoms with E-state index in [0.717, 1.165) is 39.4 Å². The molecule has 0 saturated carbocycles. The molecular weight excluding hydrogens is 128 g/mol. The number of fused-ring (bicyclic) bond motifs is 1. The minimum Gasteiger partial charge on any atom is -0.378 e. The number of hydrogen-bond acceptors (Lipinski definition) is 2. The van der Waals surface area contributed by atoms with E-state index < -0.39 is 0 Å². The molecule has 0 unspecified atom stereocenters. The third-order valence-corrected chi connectivity index (χ3v) is 2.23. The van der Waals surface area contributed by atoms with Gasteiger partial charge in [0.15, 0.2) is 0 Å². The lowest BCUT2D eigenvalue weighted by atomic mass is 10.2. The molecule has 2 aliphatic heterocycles. The van der Waals surface area contributed by atoms with Gasteiger partial charge in [-0.3, -0.25) is 4.90 Å². The summed E-state index contributed by atoms with van der Waals surface area (Å²) in [6, 6.07) is 0.600. The predicted molar refractivity (Wildman–Crippen MR) is 38.0 cm³/mol. The normalized spacial score (nSPS) is 35.4. The second kappa shape index (κ2) is 2.86. The zero-order chi connectivity index (χ0) is 6.81. The molecular formula is C7H13N2O. The van der Waals surface area contributed by atoms with E-state index in [2.05, 4.69) is 10.2 Å². The van der Waals surface area contributed by atoms with Gasteiger partial charge in [0.2, 0.25) is 0 Å². The van der Waals surface area contributed by atoms with Crippen molar-refractivity contribution in [2.45, 2.75) is 6.04 Å². The fourth-order valence-electron chi connectivity index (χ4n) is 1.59. The predicted octanol–water partition coefficient (Wildman–Crippen LogP) is -0.695. The van der Waals surface area contributed by atoms with E-state index in [1.54, 1.807) is 0 Å². The second-order valence-corrected chi connectivity index (χ2v) is 2.89. The van der Waals surface area contributed by atoms with Gasteiger partial charge in [0.25, 0.3) is 0 Å². The van der Waals surface area contributed by atoms with Crippen LogP contribution in [-0.2, 0) is 4.74 Å². The molecule has 0 spiro atoms. The summed E-state index contributed by atoms with van der Waals surface area (Å²) in [6.45, 7) is 6.07. The lowest BCUT2D eigenvalue weighted by Crippen LogP contribution is -2.54. The van der Waals surface area contributed by atoms with E-state index in [0.29, 0.717) is 6.04 Å². The Hall–Kier alpha value is -0.120. The third kappa shape index (κ3) is 1.17. The molecule has 0 aromatic rings. The summed E-state index contributed by atoms with van der Waals surface area (Å²) in [5.41, 5.74) is 0. The van der Waals surface area contributed by atoms with Gasteiger partial charge in [0.1, 0.15) is 0 Å². The minimum atomic E-state index is 0.600. The van der Waals surface area contributed by atoms with Gasteiger partial charge in [0, 0.05) is 32.2 Å². The maximum atomic E-state index is 5.34. The molecule has 1 atom stereocenters. The van der Waals surface area contributed by atoms with Crippen molar-refractivity contribution in [2.24, 2.45) is 0 Å². The molecule has 0 aromatic heterocycles. The Balaban J connectivity index is 1.93. The molecule has 3 nitrogen and oxygen atoms in total. The van der Waals surface area contributed by atoms with Gasteiger partial charge in [-0.1, -0.05) is 0 Å². The van der Waals surface area contributed by atoms with Gasteiger partial charge in [0.05, 0.1) is 13.2 Å². The molecule has 0 amide bonds. The topological polar surface area (TPSA) is 26.6 Å². The first-order chi connectivity index (χ1) is 4.97. The number of hydrogen-bond donors (Lipinski definition) is 0. The highest BCUT2D eigenvalue weighted by atomic mass is 16.5. The highest BCUT2D eigenvalue weighted by molar-refractivity contribution is 4.81. The van der Waals surface area contributed by atoms with Gasteiger partial charge in [-0.05, 0) is 0 Å². The summed E-state index contributed by atoms with van der Waals surface area (Å²) >= 11 is 0. The summed E-state index contributed by atoms with van der Waals surface area (Å²) in [5, 5.41) is 4.34. The lowest BCUT2D eigenvalue weighted by Gasteiger charge is -2.38. The number of rotatable bonds is 0. The van der Waals surface area contributed by atoms with Gasteiger partial charge in [-0.25, -0.2) is 5.32 Å². The Kier molecular flexibility index (Phi) is 1.88. The largest absolute Gasteiger partial charge is 0.378 e. The van der Waals surface area contributed by atoms with E-state index in [9.17, 15) is 0 Å². The van der Waals surface area contributed by atoms with Crippen LogP contribution in [0.15, 0.2) is 0 Å². The number of nitrogens with zero attached hydrogens (tertiary/aromatic N) is 2. The first kappa shape index (κ1) is 6.58. The van der Waals surface area contributed by atoms with E-state index in [-0.39, 0.29) is 0 Å². The molecule has 0 aliphatic carbocycles. The van der Waals surface area contributed by atoms with E-state index in [1.165, 1.54) is 0 Å². The van der Waals surface area contributed by atoms with Crippen LogP contribution in [0.3, 0.4) is 0 Å². The summed E-state index contributed by atoms with van der Waals surface area (Å²) < 4.78 is 5.34. The van der Waals surface area contributed by atoms with Crippen molar-refractivity contribution in [3.8, 4) is 0 Å². The molecule has 2 aliphatic rings. The zero-order valence-corrected chi connectivity index (χ0v) is 6.12. The highest BCUT2D eigenvalue weighted by Crippen LogP contribution is 2.08. The fourth-order valence-corrected chi connectivity index (χ4v) is 1.59. The van der Waals surface area contributed by atoms with E-state index in [4.69, 9.17) is 4.74 Å². The maximum absolute atomic E-state index is 5.34. The Morgan fingerprint density at radius 1 is 1.40 bits per heavy atom. The molecule has 2 fully saturated rings. The van der Waals surface area contributed by atoms with Crippen LogP contribution in [0.25, 0.3) is 0 Å². The Morgan fingerprint density at radius 3 is 3.30 bits per heavy atom. The van der Waals surface area contributed by atoms with Crippen LogP contribution in [0.4, 0.5) is 0 Å². The first-order valence-corrected chi connectivity index (χ1v) is 3.92. The lowest BCUT2D eigenvalue weighted by molar-refractivity contribution is -0.0175. The summed E-state index contributed by atoms with van der Waals surface area (Å²) in [6.07, 6.45) is 0. The van der Waals surface area contributed by atoms with Crippen molar-refractivity contribution in [3.63, 3.8) is 0 Å².